The third kappa shape index (κ3) is 5.28. The maximum Gasteiger partial charge on any atom is 0.116 e. The first-order valence-electron chi connectivity index (χ1n) is 10.7. The molecule has 11 heteroatoms. The fourth-order valence-electron chi connectivity index (χ4n) is 5.00. The van der Waals surface area contributed by atoms with Gasteiger partial charge in [0.15, 0.2) is 0 Å². The summed E-state index contributed by atoms with van der Waals surface area (Å²) in [4.78, 5) is 6.94. The van der Waals surface area contributed by atoms with Crippen molar-refractivity contribution in [1.82, 2.24) is 30.7 Å². The minimum absolute atomic E-state index is 0.0200. The Balaban J connectivity index is 1.74. The lowest BCUT2D eigenvalue weighted by Gasteiger charge is -2.52. The molecule has 8 atom stereocenters. The Morgan fingerprint density at radius 1 is 1.43 bits per heavy atom. The fraction of sp³-hybridized carbons (Fsp3) is 1.00. The molecule has 9 nitrogen and oxygen atoms in total. The van der Waals surface area contributed by atoms with Crippen LogP contribution in [0.1, 0.15) is 27.2 Å². The van der Waals surface area contributed by atoms with E-state index in [2.05, 4.69) is 72.6 Å². The number of likely N-dealkylation sites (N-methyl/N-ethyl adjacent to an activating group) is 1. The summed E-state index contributed by atoms with van der Waals surface area (Å²) >= 11 is 0. The standard InChI is InChI=1S/C19H40N6O3S2/c1-12-20-18-17(19(3,21-12)22-13(2)23(4)5)24(6)10-25(18)16-8-14(15(9-26)28-16)27-11-30-29-7/h12-18,20-22,26H,8-11H2,1-7H3. The minimum atomic E-state index is -0.278. The Morgan fingerprint density at radius 3 is 2.80 bits per heavy atom. The Morgan fingerprint density at radius 2 is 2.17 bits per heavy atom. The molecule has 0 aromatic heterocycles. The van der Waals surface area contributed by atoms with Crippen molar-refractivity contribution in [3.05, 3.63) is 0 Å². The third-order valence-corrected chi connectivity index (χ3v) is 7.97. The van der Waals surface area contributed by atoms with E-state index in [1.807, 2.05) is 6.26 Å². The highest BCUT2D eigenvalue weighted by Crippen LogP contribution is 2.35. The van der Waals surface area contributed by atoms with Gasteiger partial charge in [0.2, 0.25) is 0 Å². The highest BCUT2D eigenvalue weighted by atomic mass is 33.1. The number of fused-ring (bicyclic) bond motifs is 1. The molecule has 8 unspecified atom stereocenters. The Kier molecular flexibility index (Phi) is 8.75. The van der Waals surface area contributed by atoms with Crippen molar-refractivity contribution in [2.45, 2.75) is 75.8 Å². The second-order valence-electron chi connectivity index (χ2n) is 8.98. The Labute approximate surface area is 189 Å². The monoisotopic (exact) mass is 464 g/mol. The van der Waals surface area contributed by atoms with Crippen LogP contribution in [0.15, 0.2) is 0 Å². The maximum absolute atomic E-state index is 9.83. The van der Waals surface area contributed by atoms with Crippen molar-refractivity contribution in [2.24, 2.45) is 0 Å². The molecule has 3 fully saturated rings. The summed E-state index contributed by atoms with van der Waals surface area (Å²) in [6.45, 7) is 7.36. The van der Waals surface area contributed by atoms with E-state index in [0.717, 1.165) is 13.1 Å². The van der Waals surface area contributed by atoms with E-state index in [1.165, 1.54) is 0 Å². The number of nitrogens with one attached hydrogen (secondary N) is 3. The van der Waals surface area contributed by atoms with Crippen LogP contribution in [0.2, 0.25) is 0 Å². The number of hydrogen-bond donors (Lipinski definition) is 4. The van der Waals surface area contributed by atoms with Crippen molar-refractivity contribution < 1.29 is 14.6 Å². The third-order valence-electron chi connectivity index (χ3n) is 6.51. The topological polar surface area (TPSA) is 84.5 Å². The smallest absolute Gasteiger partial charge is 0.116 e. The molecule has 4 N–H and O–H groups in total. The van der Waals surface area contributed by atoms with Gasteiger partial charge < -0.3 is 14.6 Å². The van der Waals surface area contributed by atoms with Gasteiger partial charge in [-0.15, -0.1) is 0 Å². The number of ether oxygens (including phenoxy) is 2. The number of rotatable bonds is 9. The average Bonchev–Trinajstić information content (AvgIpc) is 3.22. The van der Waals surface area contributed by atoms with Crippen LogP contribution >= 0.6 is 21.6 Å². The van der Waals surface area contributed by atoms with Crippen LogP contribution in [0.25, 0.3) is 0 Å². The second kappa shape index (κ2) is 10.5. The molecule has 3 rings (SSSR count). The van der Waals surface area contributed by atoms with E-state index in [-0.39, 0.29) is 55.2 Å². The van der Waals surface area contributed by atoms with Crippen LogP contribution in [0.5, 0.6) is 0 Å². The lowest BCUT2D eigenvalue weighted by atomic mass is 9.94. The van der Waals surface area contributed by atoms with Gasteiger partial charge in [0.05, 0.1) is 49.6 Å². The zero-order chi connectivity index (χ0) is 22.1. The molecule has 3 heterocycles. The van der Waals surface area contributed by atoms with Crippen LogP contribution in [-0.2, 0) is 9.47 Å². The second-order valence-corrected chi connectivity index (χ2v) is 11.5. The first kappa shape index (κ1) is 25.0. The van der Waals surface area contributed by atoms with Gasteiger partial charge in [0.25, 0.3) is 0 Å². The Bertz CT molecular complexity index is 564. The summed E-state index contributed by atoms with van der Waals surface area (Å²) in [6.07, 6.45) is 2.85. The van der Waals surface area contributed by atoms with E-state index < -0.39 is 0 Å². The van der Waals surface area contributed by atoms with Crippen LogP contribution in [0, 0.1) is 0 Å². The summed E-state index contributed by atoms with van der Waals surface area (Å²) in [5.74, 6) is 0.605. The highest BCUT2D eigenvalue weighted by molar-refractivity contribution is 8.76. The molecule has 0 aromatic rings. The van der Waals surface area contributed by atoms with E-state index >= 15 is 0 Å². The number of nitrogens with zero attached hydrogens (tertiary/aromatic N) is 3. The molecule has 3 aliphatic rings. The molecule has 0 amide bonds. The predicted octanol–water partition coefficient (Wildman–Crippen LogP) is 0.0994. The van der Waals surface area contributed by atoms with Crippen molar-refractivity contribution in [3.63, 3.8) is 0 Å². The minimum Gasteiger partial charge on any atom is -0.394 e. The van der Waals surface area contributed by atoms with Crippen molar-refractivity contribution in [1.29, 1.82) is 0 Å². The summed E-state index contributed by atoms with van der Waals surface area (Å²) < 4.78 is 12.3. The van der Waals surface area contributed by atoms with Crippen molar-refractivity contribution in [3.8, 4) is 0 Å². The molecule has 3 saturated heterocycles. The zero-order valence-electron chi connectivity index (χ0n) is 19.3. The van der Waals surface area contributed by atoms with Crippen molar-refractivity contribution >= 4 is 21.6 Å². The average molecular weight is 465 g/mol. The van der Waals surface area contributed by atoms with E-state index in [1.54, 1.807) is 21.6 Å². The van der Waals surface area contributed by atoms with Gasteiger partial charge in [-0.3, -0.25) is 25.8 Å². The van der Waals surface area contributed by atoms with Gasteiger partial charge in [0, 0.05) is 6.42 Å². The molecule has 176 valence electrons. The highest BCUT2D eigenvalue weighted by Gasteiger charge is 2.56. The Hall–Kier alpha value is 0.340. The summed E-state index contributed by atoms with van der Waals surface area (Å²) in [5, 5.41) is 21.1. The fourth-order valence-corrected chi connectivity index (χ4v) is 5.78. The normalized spacial score (nSPS) is 41.5. The van der Waals surface area contributed by atoms with E-state index in [0.29, 0.717) is 5.94 Å². The quantitative estimate of drug-likeness (QED) is 0.213. The van der Waals surface area contributed by atoms with Crippen LogP contribution in [0.3, 0.4) is 0 Å². The molecule has 3 aliphatic heterocycles. The van der Waals surface area contributed by atoms with Crippen LogP contribution < -0.4 is 16.0 Å². The van der Waals surface area contributed by atoms with Gasteiger partial charge in [0.1, 0.15) is 18.3 Å². The molecule has 0 bridgehead atoms. The molecule has 0 radical (unpaired) electrons. The van der Waals surface area contributed by atoms with Crippen molar-refractivity contribution in [2.75, 3.05) is 46.6 Å². The number of aliphatic hydroxyl groups excluding tert-OH is 1. The summed E-state index contributed by atoms with van der Waals surface area (Å²) in [5.41, 5.74) is -0.275. The summed E-state index contributed by atoms with van der Waals surface area (Å²) in [7, 11) is 9.70. The zero-order valence-corrected chi connectivity index (χ0v) is 20.9. The van der Waals surface area contributed by atoms with Gasteiger partial charge in [-0.05, 0) is 48.2 Å². The maximum atomic E-state index is 9.83. The predicted molar refractivity (Wildman–Crippen MR) is 124 cm³/mol. The molecular weight excluding hydrogens is 424 g/mol. The van der Waals surface area contributed by atoms with Crippen LogP contribution in [0.4, 0.5) is 0 Å². The van der Waals surface area contributed by atoms with Gasteiger partial charge in [-0.2, -0.15) is 0 Å². The van der Waals surface area contributed by atoms with E-state index in [4.69, 9.17) is 9.47 Å². The van der Waals surface area contributed by atoms with Gasteiger partial charge >= 0.3 is 0 Å². The lowest BCUT2D eigenvalue weighted by molar-refractivity contribution is -0.0981. The molecule has 0 aromatic carbocycles. The molecule has 0 spiro atoms. The summed E-state index contributed by atoms with van der Waals surface area (Å²) in [6, 6.07) is 0.208. The van der Waals surface area contributed by atoms with Crippen LogP contribution in [-0.4, -0.2) is 115 Å². The van der Waals surface area contributed by atoms with E-state index in [9.17, 15) is 5.11 Å². The number of hydrogen-bond acceptors (Lipinski definition) is 11. The SMILES string of the molecule is CSSCOC1CC(N2CN(C)C3C2NC(C)NC3(C)NC(C)N(C)C)OC1CO. The first-order chi connectivity index (χ1) is 14.2. The largest absolute Gasteiger partial charge is 0.394 e. The number of aliphatic hydroxyl groups is 1. The lowest BCUT2D eigenvalue weighted by Crippen LogP contribution is -2.80. The first-order valence-corrected chi connectivity index (χ1v) is 13.4. The van der Waals surface area contributed by atoms with Gasteiger partial charge in [-0.25, -0.2) is 4.90 Å². The molecular formula is C19H40N6O3S2. The molecule has 30 heavy (non-hydrogen) atoms. The molecule has 0 aliphatic carbocycles. The van der Waals surface area contributed by atoms with Gasteiger partial charge in [-0.1, -0.05) is 21.6 Å². The molecule has 0 saturated carbocycles.